The number of pyridine rings is 1. The number of nitrogens with zero attached hydrogens (tertiary/aromatic N) is 2. The quantitative estimate of drug-likeness (QED) is 0.814. The molecule has 20 heavy (non-hydrogen) atoms. The van der Waals surface area contributed by atoms with E-state index in [0.717, 1.165) is 11.3 Å². The number of carbonyl (C=O) groups is 1. The zero-order valence-corrected chi connectivity index (χ0v) is 10.4. The molecule has 1 aliphatic heterocycles. The number of fused-ring (bicyclic) bond motifs is 1. The molecular weight excluding hydrogens is 252 g/mol. The van der Waals surface area contributed by atoms with Crippen molar-refractivity contribution in [3.05, 3.63) is 59.9 Å². The van der Waals surface area contributed by atoms with Gasteiger partial charge in [0.25, 0.3) is 5.91 Å². The van der Waals surface area contributed by atoms with Crippen LogP contribution in [-0.2, 0) is 4.79 Å². The number of nitriles is 1. The van der Waals surface area contributed by atoms with Gasteiger partial charge in [0.15, 0.2) is 0 Å². The summed E-state index contributed by atoms with van der Waals surface area (Å²) in [7, 11) is 0. The molecule has 0 unspecified atom stereocenters. The first-order valence-electron chi connectivity index (χ1n) is 6.01. The van der Waals surface area contributed by atoms with Crippen LogP contribution in [0.5, 0.6) is 0 Å². The van der Waals surface area contributed by atoms with Gasteiger partial charge in [0, 0.05) is 23.6 Å². The van der Waals surface area contributed by atoms with E-state index < -0.39 is 0 Å². The minimum absolute atomic E-state index is 0.192. The highest BCUT2D eigenvalue weighted by atomic mass is 16.2. The van der Waals surface area contributed by atoms with E-state index in [9.17, 15) is 4.79 Å². The number of carbonyl (C=O) groups excluding carboxylic acids is 1. The third kappa shape index (κ3) is 2.10. The van der Waals surface area contributed by atoms with Crippen molar-refractivity contribution < 1.29 is 4.79 Å². The molecule has 5 heteroatoms. The molecular formula is C15H10N4O. The van der Waals surface area contributed by atoms with E-state index in [4.69, 9.17) is 5.26 Å². The van der Waals surface area contributed by atoms with Gasteiger partial charge in [0.2, 0.25) is 0 Å². The zero-order valence-electron chi connectivity index (χ0n) is 10.4. The molecule has 96 valence electrons. The lowest BCUT2D eigenvalue weighted by Gasteiger charge is -2.02. The standard InChI is InChI=1S/C15H10N4O/c16-8-10-3-1-4-11(7-10)18-9-13-12-5-2-6-17-14(12)19-15(13)20/h1-7,9,18H,(H,17,19,20). The number of hydrogen-bond acceptors (Lipinski definition) is 4. The van der Waals surface area contributed by atoms with Crippen LogP contribution in [0.2, 0.25) is 0 Å². The van der Waals surface area contributed by atoms with E-state index in [-0.39, 0.29) is 5.91 Å². The van der Waals surface area contributed by atoms with Crippen molar-refractivity contribution in [3.8, 4) is 6.07 Å². The number of hydrogen-bond donors (Lipinski definition) is 2. The monoisotopic (exact) mass is 262 g/mol. The predicted molar refractivity (Wildman–Crippen MR) is 75.6 cm³/mol. The van der Waals surface area contributed by atoms with Crippen LogP contribution in [0.1, 0.15) is 11.1 Å². The number of benzene rings is 1. The van der Waals surface area contributed by atoms with Crippen LogP contribution < -0.4 is 10.6 Å². The third-order valence-corrected chi connectivity index (χ3v) is 2.95. The average Bonchev–Trinajstić information content (AvgIpc) is 2.81. The molecule has 0 spiro atoms. The molecule has 0 saturated carbocycles. The summed E-state index contributed by atoms with van der Waals surface area (Å²) in [4.78, 5) is 16.0. The summed E-state index contributed by atoms with van der Waals surface area (Å²) in [5.74, 6) is 0.374. The van der Waals surface area contributed by atoms with Crippen molar-refractivity contribution in [2.75, 3.05) is 10.6 Å². The van der Waals surface area contributed by atoms with Crippen molar-refractivity contribution in [2.24, 2.45) is 0 Å². The van der Waals surface area contributed by atoms with E-state index in [1.165, 1.54) is 0 Å². The summed E-state index contributed by atoms with van der Waals surface area (Å²) in [6, 6.07) is 12.7. The summed E-state index contributed by atoms with van der Waals surface area (Å²) in [6.07, 6.45) is 3.26. The van der Waals surface area contributed by atoms with E-state index in [1.54, 1.807) is 36.7 Å². The fourth-order valence-electron chi connectivity index (χ4n) is 2.00. The van der Waals surface area contributed by atoms with Crippen LogP contribution in [0.15, 0.2) is 48.8 Å². The third-order valence-electron chi connectivity index (χ3n) is 2.95. The molecule has 2 heterocycles. The summed E-state index contributed by atoms with van der Waals surface area (Å²) < 4.78 is 0. The fraction of sp³-hybridized carbons (Fsp3) is 0. The Morgan fingerprint density at radius 3 is 3.05 bits per heavy atom. The average molecular weight is 262 g/mol. The Bertz CT molecular complexity index is 758. The van der Waals surface area contributed by atoms with Gasteiger partial charge in [-0.3, -0.25) is 4.79 Å². The second kappa shape index (κ2) is 4.86. The lowest BCUT2D eigenvalue weighted by Crippen LogP contribution is -2.05. The minimum atomic E-state index is -0.192. The SMILES string of the molecule is N#Cc1cccc(NC=C2C(=O)Nc3ncccc32)c1. The molecule has 0 aliphatic carbocycles. The van der Waals surface area contributed by atoms with Gasteiger partial charge in [0.05, 0.1) is 17.2 Å². The second-order valence-electron chi connectivity index (χ2n) is 4.25. The summed E-state index contributed by atoms with van der Waals surface area (Å²) in [6.45, 7) is 0. The second-order valence-corrected chi connectivity index (χ2v) is 4.25. The van der Waals surface area contributed by atoms with Crippen LogP contribution in [0, 0.1) is 11.3 Å². The Labute approximate surface area is 115 Å². The number of amides is 1. The molecule has 3 rings (SSSR count). The van der Waals surface area contributed by atoms with Crippen LogP contribution in [0.3, 0.4) is 0 Å². The first kappa shape index (κ1) is 11.9. The van der Waals surface area contributed by atoms with Gasteiger partial charge in [-0.05, 0) is 30.3 Å². The molecule has 0 atom stereocenters. The summed E-state index contributed by atoms with van der Waals surface area (Å²) in [5, 5.41) is 14.6. The molecule has 0 bridgehead atoms. The molecule has 1 amide bonds. The van der Waals surface area contributed by atoms with Crippen molar-refractivity contribution in [2.45, 2.75) is 0 Å². The van der Waals surface area contributed by atoms with E-state index in [0.29, 0.717) is 17.0 Å². The Hall–Kier alpha value is -3.13. The smallest absolute Gasteiger partial charge is 0.259 e. The molecule has 1 aromatic carbocycles. The maximum absolute atomic E-state index is 11.9. The van der Waals surface area contributed by atoms with Crippen molar-refractivity contribution in [3.63, 3.8) is 0 Å². The highest BCUT2D eigenvalue weighted by molar-refractivity contribution is 6.31. The zero-order chi connectivity index (χ0) is 13.9. The minimum Gasteiger partial charge on any atom is -0.361 e. The first-order valence-corrected chi connectivity index (χ1v) is 6.01. The van der Waals surface area contributed by atoms with Crippen LogP contribution >= 0.6 is 0 Å². The molecule has 0 fully saturated rings. The highest BCUT2D eigenvalue weighted by Crippen LogP contribution is 2.29. The van der Waals surface area contributed by atoms with Crippen molar-refractivity contribution in [1.82, 2.24) is 4.98 Å². The molecule has 2 aromatic rings. The number of nitrogens with one attached hydrogen (secondary N) is 2. The van der Waals surface area contributed by atoms with Gasteiger partial charge in [0.1, 0.15) is 5.82 Å². The lowest BCUT2D eigenvalue weighted by molar-refractivity contribution is -0.110. The first-order chi connectivity index (χ1) is 9.78. The Balaban J connectivity index is 1.90. The lowest BCUT2D eigenvalue weighted by atomic mass is 10.1. The number of anilines is 2. The van der Waals surface area contributed by atoms with Gasteiger partial charge < -0.3 is 10.6 Å². The Kier molecular flexibility index (Phi) is 2.90. The van der Waals surface area contributed by atoms with Gasteiger partial charge >= 0.3 is 0 Å². The van der Waals surface area contributed by atoms with Crippen molar-refractivity contribution >= 4 is 23.0 Å². The Morgan fingerprint density at radius 1 is 1.30 bits per heavy atom. The van der Waals surface area contributed by atoms with Crippen LogP contribution in [-0.4, -0.2) is 10.9 Å². The van der Waals surface area contributed by atoms with Gasteiger partial charge in [-0.15, -0.1) is 0 Å². The van der Waals surface area contributed by atoms with E-state index in [2.05, 4.69) is 21.7 Å². The van der Waals surface area contributed by atoms with E-state index >= 15 is 0 Å². The molecule has 1 aliphatic rings. The molecule has 1 aromatic heterocycles. The fourth-order valence-corrected chi connectivity index (χ4v) is 2.00. The van der Waals surface area contributed by atoms with Gasteiger partial charge in [-0.2, -0.15) is 5.26 Å². The molecule has 0 saturated heterocycles. The largest absolute Gasteiger partial charge is 0.361 e. The highest BCUT2D eigenvalue weighted by Gasteiger charge is 2.24. The maximum Gasteiger partial charge on any atom is 0.259 e. The van der Waals surface area contributed by atoms with Gasteiger partial charge in [-0.25, -0.2) is 4.98 Å². The molecule has 0 radical (unpaired) electrons. The molecule has 2 N–H and O–H groups in total. The number of rotatable bonds is 2. The summed E-state index contributed by atoms with van der Waals surface area (Å²) in [5.41, 5.74) is 2.60. The normalized spacial score (nSPS) is 14.6. The number of aromatic nitrogens is 1. The van der Waals surface area contributed by atoms with Crippen molar-refractivity contribution in [1.29, 1.82) is 5.26 Å². The summed E-state index contributed by atoms with van der Waals surface area (Å²) >= 11 is 0. The Morgan fingerprint density at radius 2 is 2.20 bits per heavy atom. The van der Waals surface area contributed by atoms with Gasteiger partial charge in [-0.1, -0.05) is 6.07 Å². The van der Waals surface area contributed by atoms with Crippen LogP contribution in [0.4, 0.5) is 11.5 Å². The maximum atomic E-state index is 11.9. The topological polar surface area (TPSA) is 77.8 Å². The van der Waals surface area contributed by atoms with E-state index in [1.807, 2.05) is 12.1 Å². The molecule has 5 nitrogen and oxygen atoms in total. The predicted octanol–water partition coefficient (Wildman–Crippen LogP) is 2.36. The van der Waals surface area contributed by atoms with Crippen LogP contribution in [0.25, 0.3) is 5.57 Å².